The minimum atomic E-state index is -0.165. The number of carbonyl (C=O) groups is 1. The van der Waals surface area contributed by atoms with Crippen LogP contribution < -0.4 is 11.1 Å². The fraction of sp³-hybridized carbons (Fsp3) is 0.929. The number of hydrogen-bond donors (Lipinski definition) is 2. The summed E-state index contributed by atoms with van der Waals surface area (Å²) in [7, 11) is 0. The van der Waals surface area contributed by atoms with Crippen molar-refractivity contribution in [1.29, 1.82) is 0 Å². The SMILES string of the molecule is CC(N)C1CCCN(C(C)C(=O)NC(C)(C)C)C1. The Kier molecular flexibility index (Phi) is 5.17. The van der Waals surface area contributed by atoms with Crippen molar-refractivity contribution in [3.8, 4) is 0 Å². The summed E-state index contributed by atoms with van der Waals surface area (Å²) in [6, 6.07) is 0.149. The maximum atomic E-state index is 12.2. The lowest BCUT2D eigenvalue weighted by molar-refractivity contribution is -0.128. The first-order valence-electron chi connectivity index (χ1n) is 7.02. The fourth-order valence-corrected chi connectivity index (χ4v) is 2.46. The van der Waals surface area contributed by atoms with Crippen molar-refractivity contribution in [1.82, 2.24) is 10.2 Å². The van der Waals surface area contributed by atoms with E-state index in [2.05, 4.69) is 17.1 Å². The van der Waals surface area contributed by atoms with Crippen LogP contribution in [0, 0.1) is 5.92 Å². The molecule has 1 aliphatic heterocycles. The van der Waals surface area contributed by atoms with Gasteiger partial charge in [0.1, 0.15) is 0 Å². The maximum absolute atomic E-state index is 12.2. The summed E-state index contributed by atoms with van der Waals surface area (Å²) in [6.07, 6.45) is 2.32. The Morgan fingerprint density at radius 2 is 2.00 bits per heavy atom. The molecule has 4 nitrogen and oxygen atoms in total. The van der Waals surface area contributed by atoms with Crippen LogP contribution in [0.25, 0.3) is 0 Å². The molecule has 1 heterocycles. The Bertz CT molecular complexity index is 283. The first kappa shape index (κ1) is 15.4. The monoisotopic (exact) mass is 255 g/mol. The molecule has 1 fully saturated rings. The zero-order chi connectivity index (χ0) is 13.9. The van der Waals surface area contributed by atoms with Crippen LogP contribution in [-0.4, -0.2) is 41.5 Å². The van der Waals surface area contributed by atoms with E-state index >= 15 is 0 Å². The van der Waals surface area contributed by atoms with E-state index in [9.17, 15) is 4.79 Å². The van der Waals surface area contributed by atoms with Gasteiger partial charge in [0.2, 0.25) is 5.91 Å². The Labute approximate surface area is 111 Å². The van der Waals surface area contributed by atoms with Gasteiger partial charge in [0.15, 0.2) is 0 Å². The second kappa shape index (κ2) is 6.02. The molecule has 1 aliphatic rings. The molecule has 1 amide bonds. The fourth-order valence-electron chi connectivity index (χ4n) is 2.46. The van der Waals surface area contributed by atoms with Crippen molar-refractivity contribution >= 4 is 5.91 Å². The van der Waals surface area contributed by atoms with Crippen LogP contribution in [0.4, 0.5) is 0 Å². The number of rotatable bonds is 3. The summed E-state index contributed by atoms with van der Waals surface area (Å²) in [5, 5.41) is 3.05. The minimum absolute atomic E-state index is 0.0641. The van der Waals surface area contributed by atoms with Gasteiger partial charge in [-0.05, 0) is 59.9 Å². The van der Waals surface area contributed by atoms with Crippen molar-refractivity contribution in [2.24, 2.45) is 11.7 Å². The topological polar surface area (TPSA) is 58.4 Å². The van der Waals surface area contributed by atoms with E-state index in [1.165, 1.54) is 6.42 Å². The van der Waals surface area contributed by atoms with E-state index in [0.717, 1.165) is 19.5 Å². The Hall–Kier alpha value is -0.610. The lowest BCUT2D eigenvalue weighted by atomic mass is 9.91. The standard InChI is InChI=1S/C14H29N3O/c1-10(15)12-7-6-8-17(9-12)11(2)13(18)16-14(3,4)5/h10-12H,6-9,15H2,1-5H3,(H,16,18). The molecule has 0 radical (unpaired) electrons. The molecule has 0 spiro atoms. The van der Waals surface area contributed by atoms with E-state index in [-0.39, 0.29) is 23.5 Å². The molecule has 4 heteroatoms. The second-order valence-corrected chi connectivity index (χ2v) is 6.67. The van der Waals surface area contributed by atoms with Gasteiger partial charge in [-0.1, -0.05) is 0 Å². The number of carbonyl (C=O) groups excluding carboxylic acids is 1. The summed E-state index contributed by atoms with van der Waals surface area (Å²) in [5.41, 5.74) is 5.82. The van der Waals surface area contributed by atoms with Gasteiger partial charge in [-0.2, -0.15) is 0 Å². The molecule has 1 rings (SSSR count). The highest BCUT2D eigenvalue weighted by Gasteiger charge is 2.30. The average molecular weight is 255 g/mol. The number of likely N-dealkylation sites (tertiary alicyclic amines) is 1. The largest absolute Gasteiger partial charge is 0.350 e. The van der Waals surface area contributed by atoms with E-state index in [0.29, 0.717) is 5.92 Å². The highest BCUT2D eigenvalue weighted by molar-refractivity contribution is 5.81. The summed E-state index contributed by atoms with van der Waals surface area (Å²) >= 11 is 0. The first-order valence-corrected chi connectivity index (χ1v) is 7.02. The average Bonchev–Trinajstić information content (AvgIpc) is 2.26. The molecule has 0 aromatic rings. The third kappa shape index (κ3) is 4.58. The van der Waals surface area contributed by atoms with Gasteiger partial charge in [-0.15, -0.1) is 0 Å². The zero-order valence-electron chi connectivity index (χ0n) is 12.5. The smallest absolute Gasteiger partial charge is 0.237 e. The third-order valence-corrected chi connectivity index (χ3v) is 3.66. The summed E-state index contributed by atoms with van der Waals surface area (Å²) in [5.74, 6) is 0.636. The predicted molar refractivity (Wildman–Crippen MR) is 75.3 cm³/mol. The van der Waals surface area contributed by atoms with E-state index in [1.807, 2.05) is 27.7 Å². The summed E-state index contributed by atoms with van der Waals surface area (Å²) < 4.78 is 0. The van der Waals surface area contributed by atoms with Crippen molar-refractivity contribution < 1.29 is 4.79 Å². The second-order valence-electron chi connectivity index (χ2n) is 6.67. The van der Waals surface area contributed by atoms with E-state index in [4.69, 9.17) is 5.73 Å². The molecule has 0 bridgehead atoms. The molecule has 1 saturated heterocycles. The molecule has 0 aromatic heterocycles. The van der Waals surface area contributed by atoms with Crippen molar-refractivity contribution in [2.45, 2.75) is 65.1 Å². The number of piperidine rings is 1. The van der Waals surface area contributed by atoms with Gasteiger partial charge in [-0.3, -0.25) is 9.69 Å². The van der Waals surface area contributed by atoms with Crippen LogP contribution in [-0.2, 0) is 4.79 Å². The number of nitrogens with zero attached hydrogens (tertiary/aromatic N) is 1. The molecular weight excluding hydrogens is 226 g/mol. The molecule has 0 aromatic carbocycles. The highest BCUT2D eigenvalue weighted by Crippen LogP contribution is 2.20. The van der Waals surface area contributed by atoms with Crippen LogP contribution in [0.3, 0.4) is 0 Å². The van der Waals surface area contributed by atoms with Gasteiger partial charge in [0.05, 0.1) is 6.04 Å². The molecular formula is C14H29N3O. The van der Waals surface area contributed by atoms with Crippen LogP contribution >= 0.6 is 0 Å². The number of nitrogens with one attached hydrogen (secondary N) is 1. The molecule has 106 valence electrons. The van der Waals surface area contributed by atoms with Crippen LogP contribution in [0.1, 0.15) is 47.5 Å². The lowest BCUT2D eigenvalue weighted by Crippen LogP contribution is -2.54. The van der Waals surface area contributed by atoms with E-state index < -0.39 is 0 Å². The van der Waals surface area contributed by atoms with Crippen LogP contribution in [0.2, 0.25) is 0 Å². The van der Waals surface area contributed by atoms with Crippen molar-refractivity contribution in [2.75, 3.05) is 13.1 Å². The Morgan fingerprint density at radius 3 is 2.50 bits per heavy atom. The van der Waals surface area contributed by atoms with Crippen LogP contribution in [0.15, 0.2) is 0 Å². The lowest BCUT2D eigenvalue weighted by Gasteiger charge is -2.38. The van der Waals surface area contributed by atoms with E-state index in [1.54, 1.807) is 0 Å². The molecule has 3 N–H and O–H groups in total. The molecule has 3 unspecified atom stereocenters. The quantitative estimate of drug-likeness (QED) is 0.800. The molecule has 18 heavy (non-hydrogen) atoms. The normalized spacial score (nSPS) is 25.6. The minimum Gasteiger partial charge on any atom is -0.350 e. The van der Waals surface area contributed by atoms with Gasteiger partial charge in [0.25, 0.3) is 0 Å². The van der Waals surface area contributed by atoms with Crippen LogP contribution in [0.5, 0.6) is 0 Å². The van der Waals surface area contributed by atoms with Crippen molar-refractivity contribution in [3.05, 3.63) is 0 Å². The van der Waals surface area contributed by atoms with Gasteiger partial charge >= 0.3 is 0 Å². The summed E-state index contributed by atoms with van der Waals surface area (Å²) in [4.78, 5) is 14.4. The Balaban J connectivity index is 2.55. The number of amides is 1. The predicted octanol–water partition coefficient (Wildman–Crippen LogP) is 1.35. The summed E-state index contributed by atoms with van der Waals surface area (Å²) in [6.45, 7) is 12.0. The molecule has 3 atom stereocenters. The van der Waals surface area contributed by atoms with Crippen molar-refractivity contribution in [3.63, 3.8) is 0 Å². The maximum Gasteiger partial charge on any atom is 0.237 e. The zero-order valence-corrected chi connectivity index (χ0v) is 12.5. The number of nitrogens with two attached hydrogens (primary N) is 1. The van der Waals surface area contributed by atoms with Gasteiger partial charge < -0.3 is 11.1 Å². The highest BCUT2D eigenvalue weighted by atomic mass is 16.2. The number of hydrogen-bond acceptors (Lipinski definition) is 3. The third-order valence-electron chi connectivity index (χ3n) is 3.66. The molecule has 0 saturated carbocycles. The Morgan fingerprint density at radius 1 is 1.39 bits per heavy atom. The van der Waals surface area contributed by atoms with Gasteiger partial charge in [-0.25, -0.2) is 0 Å². The first-order chi connectivity index (χ1) is 8.20. The molecule has 0 aliphatic carbocycles. The van der Waals surface area contributed by atoms with Gasteiger partial charge in [0, 0.05) is 18.1 Å².